The van der Waals surface area contributed by atoms with E-state index in [2.05, 4.69) is 51.7 Å². The SMILES string of the molecule is CC1(C)OC2C(C=NO)c3c([nH]c4ccccc34)C(c3c[nH]c4ccccc34)C2O1. The van der Waals surface area contributed by atoms with Gasteiger partial charge in [-0.2, -0.15) is 0 Å². The first-order valence-electron chi connectivity index (χ1n) is 10.3. The molecule has 4 aromatic rings. The molecule has 0 amide bonds. The number of ether oxygens (including phenoxy) is 2. The molecule has 0 spiro atoms. The molecular formula is C24H23N3O3. The van der Waals surface area contributed by atoms with Crippen LogP contribution in [0.25, 0.3) is 21.8 Å². The van der Waals surface area contributed by atoms with Gasteiger partial charge in [0.1, 0.15) is 12.2 Å². The van der Waals surface area contributed by atoms with Crippen molar-refractivity contribution in [1.29, 1.82) is 0 Å². The van der Waals surface area contributed by atoms with Crippen LogP contribution in [0.2, 0.25) is 0 Å². The summed E-state index contributed by atoms with van der Waals surface area (Å²) < 4.78 is 12.9. The summed E-state index contributed by atoms with van der Waals surface area (Å²) >= 11 is 0. The maximum absolute atomic E-state index is 9.45. The highest BCUT2D eigenvalue weighted by atomic mass is 16.8. The van der Waals surface area contributed by atoms with E-state index in [1.165, 1.54) is 10.9 Å². The van der Waals surface area contributed by atoms with Gasteiger partial charge in [-0.05, 0) is 37.1 Å². The third kappa shape index (κ3) is 2.41. The average Bonchev–Trinajstić information content (AvgIpc) is 3.41. The molecule has 30 heavy (non-hydrogen) atoms. The molecule has 4 unspecified atom stereocenters. The van der Waals surface area contributed by atoms with Crippen molar-refractivity contribution < 1.29 is 14.7 Å². The van der Waals surface area contributed by atoms with E-state index in [1.54, 1.807) is 6.21 Å². The number of oxime groups is 1. The van der Waals surface area contributed by atoms with Crippen molar-refractivity contribution in [3.8, 4) is 0 Å². The van der Waals surface area contributed by atoms with Crippen LogP contribution >= 0.6 is 0 Å². The lowest BCUT2D eigenvalue weighted by atomic mass is 9.73. The fraction of sp³-hybridized carbons (Fsp3) is 0.292. The van der Waals surface area contributed by atoms with Gasteiger partial charge in [-0.1, -0.05) is 36.4 Å². The van der Waals surface area contributed by atoms with E-state index in [0.29, 0.717) is 0 Å². The largest absolute Gasteiger partial charge is 0.411 e. The Hall–Kier alpha value is -3.09. The highest BCUT2D eigenvalue weighted by Crippen LogP contribution is 2.52. The van der Waals surface area contributed by atoms with Crippen molar-refractivity contribution >= 4 is 28.0 Å². The molecule has 1 saturated heterocycles. The van der Waals surface area contributed by atoms with Gasteiger partial charge in [0, 0.05) is 33.7 Å². The van der Waals surface area contributed by atoms with E-state index < -0.39 is 5.79 Å². The van der Waals surface area contributed by atoms with Gasteiger partial charge in [0.2, 0.25) is 0 Å². The van der Waals surface area contributed by atoms with E-state index in [1.807, 2.05) is 32.0 Å². The van der Waals surface area contributed by atoms with Gasteiger partial charge >= 0.3 is 0 Å². The van der Waals surface area contributed by atoms with Gasteiger partial charge in [-0.3, -0.25) is 0 Å². The van der Waals surface area contributed by atoms with Crippen LogP contribution in [0.3, 0.4) is 0 Å². The van der Waals surface area contributed by atoms with E-state index in [4.69, 9.17) is 9.47 Å². The number of rotatable bonds is 2. The van der Waals surface area contributed by atoms with Crippen molar-refractivity contribution in [3.63, 3.8) is 0 Å². The summed E-state index contributed by atoms with van der Waals surface area (Å²) in [5.41, 5.74) is 5.53. The monoisotopic (exact) mass is 401 g/mol. The zero-order valence-electron chi connectivity index (χ0n) is 16.8. The Balaban J connectivity index is 1.66. The second-order valence-corrected chi connectivity index (χ2v) is 8.62. The predicted molar refractivity (Wildman–Crippen MR) is 115 cm³/mol. The van der Waals surface area contributed by atoms with Crippen molar-refractivity contribution in [2.24, 2.45) is 5.16 Å². The maximum Gasteiger partial charge on any atom is 0.163 e. The third-order valence-corrected chi connectivity index (χ3v) is 6.45. The smallest absolute Gasteiger partial charge is 0.163 e. The quantitative estimate of drug-likeness (QED) is 0.255. The molecule has 1 aliphatic carbocycles. The summed E-state index contributed by atoms with van der Waals surface area (Å²) in [6.45, 7) is 3.88. The van der Waals surface area contributed by atoms with Crippen LogP contribution in [0.15, 0.2) is 59.9 Å². The van der Waals surface area contributed by atoms with Gasteiger partial charge in [-0.25, -0.2) is 0 Å². The molecule has 0 bridgehead atoms. The number of aromatic nitrogens is 2. The number of nitrogens with zero attached hydrogens (tertiary/aromatic N) is 1. The van der Waals surface area contributed by atoms with Gasteiger partial charge < -0.3 is 24.6 Å². The highest BCUT2D eigenvalue weighted by Gasteiger charge is 2.54. The number of hydrogen-bond acceptors (Lipinski definition) is 4. The van der Waals surface area contributed by atoms with Crippen LogP contribution < -0.4 is 0 Å². The van der Waals surface area contributed by atoms with Crippen molar-refractivity contribution in [2.45, 2.75) is 43.7 Å². The first-order valence-corrected chi connectivity index (χ1v) is 10.3. The number of para-hydroxylation sites is 2. The van der Waals surface area contributed by atoms with Gasteiger partial charge in [-0.15, -0.1) is 5.16 Å². The molecule has 0 radical (unpaired) electrons. The lowest BCUT2D eigenvalue weighted by Gasteiger charge is -2.35. The Labute approximate surface area is 173 Å². The zero-order valence-corrected chi connectivity index (χ0v) is 16.8. The van der Waals surface area contributed by atoms with E-state index in [0.717, 1.165) is 27.7 Å². The highest BCUT2D eigenvalue weighted by molar-refractivity contribution is 5.91. The lowest BCUT2D eigenvalue weighted by Crippen LogP contribution is -2.40. The number of nitrogens with one attached hydrogen (secondary N) is 2. The molecule has 3 heterocycles. The zero-order chi connectivity index (χ0) is 20.5. The van der Waals surface area contributed by atoms with Gasteiger partial charge in [0.25, 0.3) is 0 Å². The number of hydrogen-bond donors (Lipinski definition) is 3. The minimum absolute atomic E-state index is 0.0429. The molecule has 6 nitrogen and oxygen atoms in total. The summed E-state index contributed by atoms with van der Waals surface area (Å²) in [4.78, 5) is 7.07. The molecule has 6 heteroatoms. The lowest BCUT2D eigenvalue weighted by molar-refractivity contribution is -0.146. The summed E-state index contributed by atoms with van der Waals surface area (Å²) in [5, 5.41) is 15.2. The summed E-state index contributed by atoms with van der Waals surface area (Å²) in [5.74, 6) is -0.978. The molecular weight excluding hydrogens is 378 g/mol. The normalized spacial score (nSPS) is 27.7. The summed E-state index contributed by atoms with van der Waals surface area (Å²) in [7, 11) is 0. The molecule has 1 fully saturated rings. The van der Waals surface area contributed by atoms with Crippen LogP contribution in [0, 0.1) is 0 Å². The van der Waals surface area contributed by atoms with E-state index >= 15 is 0 Å². The first kappa shape index (κ1) is 17.7. The Morgan fingerprint density at radius 3 is 2.47 bits per heavy atom. The minimum Gasteiger partial charge on any atom is -0.411 e. The molecule has 3 N–H and O–H groups in total. The standard InChI is InChI=1S/C24H23N3O3/c1-24(2)29-22-16(12-26-28)19-14-8-4-6-10-18(14)27-21(19)20(23(22)30-24)15-11-25-17-9-5-3-7-13(15)17/h3-12,16,20,22-23,25,27-28H,1-2H3. The Bertz CT molecular complexity index is 1290. The van der Waals surface area contributed by atoms with Crippen molar-refractivity contribution in [1.82, 2.24) is 9.97 Å². The Kier molecular flexibility index (Phi) is 3.67. The fourth-order valence-electron chi connectivity index (χ4n) is 5.39. The second kappa shape index (κ2) is 6.20. The summed E-state index contributed by atoms with van der Waals surface area (Å²) in [6, 6.07) is 16.6. The van der Waals surface area contributed by atoms with Crippen LogP contribution in [0.4, 0.5) is 0 Å². The van der Waals surface area contributed by atoms with E-state index in [-0.39, 0.29) is 24.0 Å². The van der Waals surface area contributed by atoms with Crippen LogP contribution in [-0.4, -0.2) is 39.4 Å². The Morgan fingerprint density at radius 2 is 1.67 bits per heavy atom. The topological polar surface area (TPSA) is 82.6 Å². The van der Waals surface area contributed by atoms with Crippen molar-refractivity contribution in [2.75, 3.05) is 0 Å². The van der Waals surface area contributed by atoms with Crippen molar-refractivity contribution in [3.05, 3.63) is 71.5 Å². The molecule has 4 atom stereocenters. The van der Waals surface area contributed by atoms with Gasteiger partial charge in [0.15, 0.2) is 5.79 Å². The molecule has 1 aliphatic heterocycles. The predicted octanol–water partition coefficient (Wildman–Crippen LogP) is 4.86. The van der Waals surface area contributed by atoms with Crippen LogP contribution in [0.1, 0.15) is 42.5 Å². The molecule has 2 aromatic carbocycles. The van der Waals surface area contributed by atoms with Gasteiger partial charge in [0.05, 0.1) is 18.1 Å². The number of aromatic amines is 2. The van der Waals surface area contributed by atoms with E-state index in [9.17, 15) is 5.21 Å². The van der Waals surface area contributed by atoms with Crippen LogP contribution in [-0.2, 0) is 9.47 Å². The molecule has 2 aliphatic rings. The molecule has 0 saturated carbocycles. The number of H-pyrrole nitrogens is 2. The van der Waals surface area contributed by atoms with Crippen LogP contribution in [0.5, 0.6) is 0 Å². The Morgan fingerprint density at radius 1 is 0.967 bits per heavy atom. The fourth-order valence-corrected chi connectivity index (χ4v) is 5.39. The average molecular weight is 401 g/mol. The number of fused-ring (bicyclic) bond motifs is 5. The maximum atomic E-state index is 9.45. The summed E-state index contributed by atoms with van der Waals surface area (Å²) in [6.07, 6.45) is 3.17. The number of benzene rings is 2. The third-order valence-electron chi connectivity index (χ3n) is 6.45. The first-order chi connectivity index (χ1) is 14.6. The molecule has 6 rings (SSSR count). The second-order valence-electron chi connectivity index (χ2n) is 8.62. The minimum atomic E-state index is -0.722. The molecule has 152 valence electrons. The molecule has 2 aromatic heterocycles.